The van der Waals surface area contributed by atoms with Crippen molar-refractivity contribution in [2.75, 3.05) is 12.4 Å². The maximum Gasteiger partial charge on any atom is 0.251 e. The zero-order valence-corrected chi connectivity index (χ0v) is 20.1. The molecule has 0 radical (unpaired) electrons. The lowest BCUT2D eigenvalue weighted by atomic mass is 9.81. The fraction of sp³-hybridized carbons (Fsp3) is 0.179. The van der Waals surface area contributed by atoms with E-state index in [1.165, 1.54) is 19.2 Å². The molecule has 0 fully saturated rings. The first-order valence-corrected chi connectivity index (χ1v) is 11.5. The van der Waals surface area contributed by atoms with E-state index in [4.69, 9.17) is 9.84 Å². The highest BCUT2D eigenvalue weighted by molar-refractivity contribution is 6.04. The summed E-state index contributed by atoms with van der Waals surface area (Å²) >= 11 is 0. The second kappa shape index (κ2) is 9.30. The molecule has 1 aliphatic rings. The molecule has 3 aromatic carbocycles. The minimum atomic E-state index is -0.993. The number of aromatic nitrogens is 2. The van der Waals surface area contributed by atoms with Crippen molar-refractivity contribution in [2.45, 2.75) is 25.8 Å². The third-order valence-electron chi connectivity index (χ3n) is 6.41. The number of hydrogen-bond acceptors (Lipinski definition) is 4. The predicted octanol–water partition coefficient (Wildman–Crippen LogP) is 4.52. The van der Waals surface area contributed by atoms with Gasteiger partial charge in [-0.1, -0.05) is 42.0 Å². The number of aryl methyl sites for hydroxylation is 2. The zero-order valence-electron chi connectivity index (χ0n) is 20.1. The van der Waals surface area contributed by atoms with Crippen LogP contribution < -0.4 is 15.4 Å². The van der Waals surface area contributed by atoms with E-state index in [-0.39, 0.29) is 5.75 Å². The topological polar surface area (TPSA) is 85.2 Å². The molecule has 0 aliphatic carbocycles. The van der Waals surface area contributed by atoms with Crippen LogP contribution in [-0.4, -0.2) is 34.7 Å². The Bertz CT molecular complexity index is 1450. The summed E-state index contributed by atoms with van der Waals surface area (Å²) in [5, 5.41) is 10.5. The van der Waals surface area contributed by atoms with Crippen molar-refractivity contribution in [3.8, 4) is 11.4 Å². The lowest BCUT2D eigenvalue weighted by molar-refractivity contribution is -0.118. The average Bonchev–Trinajstić information content (AvgIpc) is 3.20. The summed E-state index contributed by atoms with van der Waals surface area (Å²) in [7, 11) is 1.39. The van der Waals surface area contributed by atoms with Gasteiger partial charge in [0.1, 0.15) is 11.9 Å². The van der Waals surface area contributed by atoms with Crippen LogP contribution in [-0.2, 0) is 4.79 Å². The number of benzene rings is 3. The number of fused-ring (bicyclic) bond motifs is 1. The first-order chi connectivity index (χ1) is 17.4. The maximum atomic E-state index is 14.8. The summed E-state index contributed by atoms with van der Waals surface area (Å²) < 4.78 is 21.6. The van der Waals surface area contributed by atoms with Crippen molar-refractivity contribution in [1.29, 1.82) is 0 Å². The van der Waals surface area contributed by atoms with E-state index in [2.05, 4.69) is 10.6 Å². The van der Waals surface area contributed by atoms with E-state index < -0.39 is 29.6 Å². The maximum absolute atomic E-state index is 14.8. The second-order valence-corrected chi connectivity index (χ2v) is 8.77. The molecule has 0 saturated carbocycles. The summed E-state index contributed by atoms with van der Waals surface area (Å²) in [4.78, 5) is 26.5. The summed E-state index contributed by atoms with van der Waals surface area (Å²) in [6.07, 6.45) is 0. The minimum Gasteiger partial charge on any atom is -0.494 e. The molecule has 1 aliphatic heterocycles. The number of nitrogens with one attached hydrogen (secondary N) is 2. The van der Waals surface area contributed by atoms with Gasteiger partial charge in [-0.05, 0) is 55.8 Å². The monoisotopic (exact) mass is 484 g/mol. The molecule has 0 saturated heterocycles. The van der Waals surface area contributed by atoms with Gasteiger partial charge < -0.3 is 15.4 Å². The molecule has 7 nitrogen and oxygen atoms in total. The van der Waals surface area contributed by atoms with Crippen LogP contribution >= 0.6 is 0 Å². The van der Waals surface area contributed by atoms with Gasteiger partial charge in [0.2, 0.25) is 5.91 Å². The standard InChI is InChI=1S/C28H25FN4O3/c1-16-9-12-20(13-10-16)33-26-23(17(2)32-33)24(19-11-14-22(36-3)21(29)15-19)25(28(35)31-26)30-27(34)18-7-5-4-6-8-18/h4-15,24-25H,1-3H3,(H,30,34)(H,31,35). The third kappa shape index (κ3) is 4.11. The lowest BCUT2D eigenvalue weighted by Crippen LogP contribution is -2.50. The SMILES string of the molecule is COc1ccc(C2c3c(C)nn(-c4ccc(C)cc4)c3NC(=O)C2NC(=O)c2ccccc2)cc1F. The van der Waals surface area contributed by atoms with Crippen molar-refractivity contribution in [2.24, 2.45) is 0 Å². The summed E-state index contributed by atoms with van der Waals surface area (Å²) in [5.41, 5.74) is 4.17. The Morgan fingerprint density at radius 2 is 1.78 bits per heavy atom. The van der Waals surface area contributed by atoms with Crippen LogP contribution in [0.2, 0.25) is 0 Å². The van der Waals surface area contributed by atoms with E-state index in [9.17, 15) is 14.0 Å². The predicted molar refractivity (Wildman–Crippen MR) is 134 cm³/mol. The Hall–Kier alpha value is -4.46. The van der Waals surface area contributed by atoms with E-state index in [0.717, 1.165) is 11.3 Å². The number of anilines is 1. The Kier molecular flexibility index (Phi) is 6.01. The van der Waals surface area contributed by atoms with E-state index >= 15 is 0 Å². The van der Waals surface area contributed by atoms with Crippen LogP contribution in [0.4, 0.5) is 10.2 Å². The summed E-state index contributed by atoms with van der Waals surface area (Å²) in [6.45, 7) is 3.83. The van der Waals surface area contributed by atoms with Crippen LogP contribution in [0, 0.1) is 19.7 Å². The van der Waals surface area contributed by atoms with Gasteiger partial charge in [-0.2, -0.15) is 5.10 Å². The zero-order chi connectivity index (χ0) is 25.4. The van der Waals surface area contributed by atoms with Gasteiger partial charge in [-0.3, -0.25) is 9.59 Å². The smallest absolute Gasteiger partial charge is 0.251 e. The molecule has 1 aromatic heterocycles. The highest BCUT2D eigenvalue weighted by Crippen LogP contribution is 2.41. The molecule has 4 aromatic rings. The number of amides is 2. The largest absolute Gasteiger partial charge is 0.494 e. The lowest BCUT2D eigenvalue weighted by Gasteiger charge is -2.33. The first kappa shape index (κ1) is 23.3. The van der Waals surface area contributed by atoms with Gasteiger partial charge in [0.05, 0.1) is 18.5 Å². The number of carbonyl (C=O) groups excluding carboxylic acids is 2. The van der Waals surface area contributed by atoms with Crippen molar-refractivity contribution in [3.63, 3.8) is 0 Å². The van der Waals surface area contributed by atoms with Crippen LogP contribution in [0.25, 0.3) is 5.69 Å². The van der Waals surface area contributed by atoms with E-state index in [1.54, 1.807) is 35.0 Å². The minimum absolute atomic E-state index is 0.0937. The molecule has 5 rings (SSSR count). The number of nitrogens with zero attached hydrogens (tertiary/aromatic N) is 2. The Labute approximate surface area is 207 Å². The van der Waals surface area contributed by atoms with Gasteiger partial charge in [-0.15, -0.1) is 0 Å². The second-order valence-electron chi connectivity index (χ2n) is 8.77. The molecule has 8 heteroatoms. The van der Waals surface area contributed by atoms with Gasteiger partial charge >= 0.3 is 0 Å². The molecule has 2 N–H and O–H groups in total. The van der Waals surface area contributed by atoms with Crippen molar-refractivity contribution >= 4 is 17.6 Å². The molecule has 0 spiro atoms. The van der Waals surface area contributed by atoms with Crippen molar-refractivity contribution in [3.05, 3.63) is 107 Å². The van der Waals surface area contributed by atoms with E-state index in [1.807, 2.05) is 44.2 Å². The number of ether oxygens (including phenoxy) is 1. The molecular weight excluding hydrogens is 459 g/mol. The first-order valence-electron chi connectivity index (χ1n) is 11.5. The highest BCUT2D eigenvalue weighted by atomic mass is 19.1. The van der Waals surface area contributed by atoms with Crippen LogP contribution in [0.3, 0.4) is 0 Å². The molecule has 182 valence electrons. The van der Waals surface area contributed by atoms with E-state index in [0.29, 0.717) is 28.2 Å². The van der Waals surface area contributed by atoms with Crippen LogP contribution in [0.15, 0.2) is 72.8 Å². The molecule has 36 heavy (non-hydrogen) atoms. The summed E-state index contributed by atoms with van der Waals surface area (Å²) in [5.74, 6) is -1.47. The number of halogens is 1. The van der Waals surface area contributed by atoms with Crippen LogP contribution in [0.1, 0.15) is 38.7 Å². The Morgan fingerprint density at radius 3 is 2.44 bits per heavy atom. The average molecular weight is 485 g/mol. The molecule has 0 bridgehead atoms. The quantitative estimate of drug-likeness (QED) is 0.436. The van der Waals surface area contributed by atoms with Crippen molar-refractivity contribution < 1.29 is 18.7 Å². The van der Waals surface area contributed by atoms with Gasteiger partial charge in [0.15, 0.2) is 11.6 Å². The van der Waals surface area contributed by atoms with Crippen molar-refractivity contribution in [1.82, 2.24) is 15.1 Å². The van der Waals surface area contributed by atoms with Gasteiger partial charge in [0, 0.05) is 17.0 Å². The van der Waals surface area contributed by atoms with Crippen LogP contribution in [0.5, 0.6) is 5.75 Å². The highest BCUT2D eigenvalue weighted by Gasteiger charge is 2.42. The molecule has 2 heterocycles. The fourth-order valence-electron chi connectivity index (χ4n) is 4.62. The number of hydrogen-bond donors (Lipinski definition) is 2. The Morgan fingerprint density at radius 1 is 1.06 bits per heavy atom. The third-order valence-corrected chi connectivity index (χ3v) is 6.41. The fourth-order valence-corrected chi connectivity index (χ4v) is 4.62. The number of rotatable bonds is 5. The molecule has 2 amide bonds. The number of methoxy groups -OCH3 is 1. The Balaban J connectivity index is 1.64. The molecular formula is C28H25FN4O3. The van der Waals surface area contributed by atoms with Gasteiger partial charge in [-0.25, -0.2) is 9.07 Å². The molecule has 2 atom stereocenters. The normalized spacial score (nSPS) is 16.7. The summed E-state index contributed by atoms with van der Waals surface area (Å²) in [6, 6.07) is 20.0. The molecule has 2 unspecified atom stereocenters. The van der Waals surface area contributed by atoms with Gasteiger partial charge in [0.25, 0.3) is 5.91 Å². The number of carbonyl (C=O) groups is 2.